The van der Waals surface area contributed by atoms with E-state index in [0.717, 1.165) is 21.7 Å². The topological polar surface area (TPSA) is 86.9 Å². The molecule has 2 heterocycles. The van der Waals surface area contributed by atoms with Gasteiger partial charge in [-0.1, -0.05) is 41.4 Å². The van der Waals surface area contributed by atoms with Gasteiger partial charge in [-0.15, -0.1) is 5.10 Å². The van der Waals surface area contributed by atoms with Gasteiger partial charge in [0.1, 0.15) is 12.1 Å². The van der Waals surface area contributed by atoms with Crippen LogP contribution in [0.25, 0.3) is 0 Å². The lowest BCUT2D eigenvalue weighted by Crippen LogP contribution is -2.15. The van der Waals surface area contributed by atoms with Crippen LogP contribution in [0.5, 0.6) is 5.75 Å². The molecule has 8 nitrogen and oxygen atoms in total. The Hall–Kier alpha value is -3.65. The lowest BCUT2D eigenvalue weighted by Gasteiger charge is -2.10. The standard InChI is InChI=1S/C23H23ClN6O2/c1-15-4-6-18(7-5-15)12-30-13-25-23(28-30)26-22(31)20-8-9-29(27-20)14-32-19-10-16(2)21(24)17(3)11-19/h4-11,13H,12,14H2,1-3H3,(H,26,28,31). The van der Waals surface area contributed by atoms with Gasteiger partial charge in [0, 0.05) is 11.2 Å². The highest BCUT2D eigenvalue weighted by molar-refractivity contribution is 6.32. The maximum absolute atomic E-state index is 12.5. The van der Waals surface area contributed by atoms with Gasteiger partial charge in [-0.2, -0.15) is 5.10 Å². The van der Waals surface area contributed by atoms with Gasteiger partial charge >= 0.3 is 0 Å². The van der Waals surface area contributed by atoms with Crippen molar-refractivity contribution in [2.75, 3.05) is 5.32 Å². The Morgan fingerprint density at radius 2 is 1.75 bits per heavy atom. The molecule has 2 aromatic carbocycles. The fourth-order valence-electron chi connectivity index (χ4n) is 3.16. The van der Waals surface area contributed by atoms with Crippen LogP contribution in [0, 0.1) is 20.8 Å². The summed E-state index contributed by atoms with van der Waals surface area (Å²) in [7, 11) is 0. The van der Waals surface area contributed by atoms with E-state index >= 15 is 0 Å². The van der Waals surface area contributed by atoms with Crippen molar-refractivity contribution < 1.29 is 9.53 Å². The number of hydrogen-bond acceptors (Lipinski definition) is 5. The van der Waals surface area contributed by atoms with Crippen LogP contribution in [0.15, 0.2) is 55.0 Å². The van der Waals surface area contributed by atoms with E-state index in [1.54, 1.807) is 23.3 Å². The molecule has 0 aliphatic carbocycles. The Bertz CT molecular complexity index is 1220. The molecule has 0 spiro atoms. The molecular formula is C23H23ClN6O2. The summed E-state index contributed by atoms with van der Waals surface area (Å²) in [6.45, 7) is 6.62. The first-order chi connectivity index (χ1) is 15.4. The van der Waals surface area contributed by atoms with Crippen LogP contribution < -0.4 is 10.1 Å². The average molecular weight is 451 g/mol. The number of carbonyl (C=O) groups excluding carboxylic acids is 1. The van der Waals surface area contributed by atoms with E-state index in [0.29, 0.717) is 12.3 Å². The number of aromatic nitrogens is 5. The normalized spacial score (nSPS) is 10.9. The van der Waals surface area contributed by atoms with Crippen molar-refractivity contribution in [3.63, 3.8) is 0 Å². The van der Waals surface area contributed by atoms with Gasteiger partial charge in [0.25, 0.3) is 5.91 Å². The predicted octanol–water partition coefficient (Wildman–Crippen LogP) is 4.39. The van der Waals surface area contributed by atoms with E-state index in [1.165, 1.54) is 10.2 Å². The first-order valence-corrected chi connectivity index (χ1v) is 10.4. The summed E-state index contributed by atoms with van der Waals surface area (Å²) in [5.74, 6) is 0.518. The van der Waals surface area contributed by atoms with Gasteiger partial charge < -0.3 is 4.74 Å². The maximum Gasteiger partial charge on any atom is 0.278 e. The molecule has 0 fully saturated rings. The second kappa shape index (κ2) is 9.23. The summed E-state index contributed by atoms with van der Waals surface area (Å²) in [5, 5.41) is 12.0. The number of anilines is 1. The maximum atomic E-state index is 12.5. The highest BCUT2D eigenvalue weighted by atomic mass is 35.5. The number of nitrogens with one attached hydrogen (secondary N) is 1. The monoisotopic (exact) mass is 450 g/mol. The second-order valence-electron chi connectivity index (χ2n) is 7.59. The van der Waals surface area contributed by atoms with Crippen molar-refractivity contribution in [2.24, 2.45) is 0 Å². The first kappa shape index (κ1) is 21.6. The molecule has 0 saturated carbocycles. The molecule has 4 aromatic rings. The van der Waals surface area contributed by atoms with E-state index in [4.69, 9.17) is 16.3 Å². The molecule has 2 aromatic heterocycles. The lowest BCUT2D eigenvalue weighted by molar-refractivity contribution is 0.101. The predicted molar refractivity (Wildman–Crippen MR) is 122 cm³/mol. The van der Waals surface area contributed by atoms with Crippen LogP contribution >= 0.6 is 11.6 Å². The fourth-order valence-corrected chi connectivity index (χ4v) is 3.27. The largest absolute Gasteiger partial charge is 0.471 e. The number of ether oxygens (including phenoxy) is 1. The molecule has 0 aliphatic heterocycles. The molecule has 0 unspecified atom stereocenters. The van der Waals surface area contributed by atoms with Gasteiger partial charge in [-0.25, -0.2) is 14.3 Å². The minimum atomic E-state index is -0.394. The minimum Gasteiger partial charge on any atom is -0.471 e. The smallest absolute Gasteiger partial charge is 0.278 e. The highest BCUT2D eigenvalue weighted by Gasteiger charge is 2.13. The van der Waals surface area contributed by atoms with Crippen LogP contribution in [0.2, 0.25) is 5.02 Å². The molecule has 32 heavy (non-hydrogen) atoms. The van der Waals surface area contributed by atoms with Crippen molar-refractivity contribution >= 4 is 23.5 Å². The zero-order valence-corrected chi connectivity index (χ0v) is 18.8. The van der Waals surface area contributed by atoms with E-state index in [-0.39, 0.29) is 18.4 Å². The van der Waals surface area contributed by atoms with Gasteiger partial charge in [0.15, 0.2) is 12.4 Å². The molecular weight excluding hydrogens is 428 g/mol. The van der Waals surface area contributed by atoms with Crippen LogP contribution in [0.4, 0.5) is 5.95 Å². The van der Waals surface area contributed by atoms with E-state index in [1.807, 2.05) is 57.2 Å². The number of amides is 1. The summed E-state index contributed by atoms with van der Waals surface area (Å²) in [5.41, 5.74) is 4.42. The summed E-state index contributed by atoms with van der Waals surface area (Å²) >= 11 is 6.19. The lowest BCUT2D eigenvalue weighted by atomic mass is 10.1. The molecule has 9 heteroatoms. The molecule has 0 bridgehead atoms. The Labute approximate surface area is 190 Å². The van der Waals surface area contributed by atoms with E-state index < -0.39 is 5.91 Å². The molecule has 164 valence electrons. The third-order valence-corrected chi connectivity index (χ3v) is 5.47. The molecule has 1 amide bonds. The Balaban J connectivity index is 1.34. The quantitative estimate of drug-likeness (QED) is 0.451. The molecule has 1 N–H and O–H groups in total. The third kappa shape index (κ3) is 5.15. The SMILES string of the molecule is Cc1ccc(Cn2cnc(NC(=O)c3ccn(COc4cc(C)c(Cl)c(C)c4)n3)n2)cc1. The number of nitrogens with zero attached hydrogens (tertiary/aromatic N) is 5. The van der Waals surface area contributed by atoms with Crippen LogP contribution in [-0.2, 0) is 13.3 Å². The van der Waals surface area contributed by atoms with Gasteiger partial charge in [-0.05, 0) is 55.7 Å². The van der Waals surface area contributed by atoms with Gasteiger partial charge in [0.05, 0.1) is 6.54 Å². The second-order valence-corrected chi connectivity index (χ2v) is 7.97. The van der Waals surface area contributed by atoms with Crippen LogP contribution in [0.1, 0.15) is 32.7 Å². The molecule has 0 saturated heterocycles. The van der Waals surface area contributed by atoms with Crippen molar-refractivity contribution in [3.05, 3.63) is 88.0 Å². The summed E-state index contributed by atoms with van der Waals surface area (Å²) in [4.78, 5) is 16.7. The van der Waals surface area contributed by atoms with Gasteiger partial charge in [0.2, 0.25) is 5.95 Å². The van der Waals surface area contributed by atoms with Crippen molar-refractivity contribution in [1.82, 2.24) is 24.5 Å². The average Bonchev–Trinajstić information content (AvgIpc) is 3.41. The van der Waals surface area contributed by atoms with Crippen molar-refractivity contribution in [3.8, 4) is 5.75 Å². The van der Waals surface area contributed by atoms with E-state index in [9.17, 15) is 4.79 Å². The highest BCUT2D eigenvalue weighted by Crippen LogP contribution is 2.26. The molecule has 4 rings (SSSR count). The fraction of sp³-hybridized carbons (Fsp3) is 0.217. The number of halogens is 1. The van der Waals surface area contributed by atoms with E-state index in [2.05, 4.69) is 20.5 Å². The zero-order valence-electron chi connectivity index (χ0n) is 18.0. The Kier molecular flexibility index (Phi) is 6.23. The Morgan fingerprint density at radius 3 is 2.47 bits per heavy atom. The molecule has 0 aliphatic rings. The minimum absolute atomic E-state index is 0.164. The number of hydrogen-bond donors (Lipinski definition) is 1. The number of rotatable bonds is 7. The summed E-state index contributed by atoms with van der Waals surface area (Å²) < 4.78 is 8.98. The third-order valence-electron chi connectivity index (χ3n) is 4.87. The first-order valence-electron chi connectivity index (χ1n) is 10.1. The number of benzene rings is 2. The van der Waals surface area contributed by atoms with Crippen LogP contribution in [-0.4, -0.2) is 30.5 Å². The van der Waals surface area contributed by atoms with Gasteiger partial charge in [-0.3, -0.25) is 10.1 Å². The summed E-state index contributed by atoms with van der Waals surface area (Å²) in [6.07, 6.45) is 3.26. The zero-order chi connectivity index (χ0) is 22.7. The summed E-state index contributed by atoms with van der Waals surface area (Å²) in [6, 6.07) is 13.5. The number of carbonyl (C=O) groups is 1. The Morgan fingerprint density at radius 1 is 1.03 bits per heavy atom. The van der Waals surface area contributed by atoms with Crippen molar-refractivity contribution in [1.29, 1.82) is 0 Å². The molecule has 0 radical (unpaired) electrons. The van der Waals surface area contributed by atoms with Crippen LogP contribution in [0.3, 0.4) is 0 Å². The number of aryl methyl sites for hydroxylation is 3. The molecule has 0 atom stereocenters. The van der Waals surface area contributed by atoms with Crippen molar-refractivity contribution in [2.45, 2.75) is 34.0 Å².